The number of aliphatic hydroxyl groups is 1. The van der Waals surface area contributed by atoms with Crippen LogP contribution in [0.25, 0.3) is 0 Å². The Morgan fingerprint density at radius 2 is 2.00 bits per heavy atom. The van der Waals surface area contributed by atoms with E-state index in [-0.39, 0.29) is 0 Å². The Hall–Kier alpha value is -0.120. The zero-order valence-electron chi connectivity index (χ0n) is 10.7. The summed E-state index contributed by atoms with van der Waals surface area (Å²) in [6, 6.07) is 0.627. The average Bonchev–Trinajstić information content (AvgIpc) is 2.27. The molecule has 1 unspecified atom stereocenters. The van der Waals surface area contributed by atoms with Crippen molar-refractivity contribution in [2.24, 2.45) is 11.8 Å². The second kappa shape index (κ2) is 8.04. The standard InChI is InChI=1S/C13H27NO2/c1-11(2)9-12(3-6-15)10-14-13-4-7-16-8-5-13/h11-15H,3-10H2,1-2H3. The van der Waals surface area contributed by atoms with Crippen molar-refractivity contribution in [3.8, 4) is 0 Å². The smallest absolute Gasteiger partial charge is 0.0480 e. The molecule has 0 spiro atoms. The van der Waals surface area contributed by atoms with Crippen molar-refractivity contribution in [2.75, 3.05) is 26.4 Å². The molecule has 0 bridgehead atoms. The first kappa shape index (κ1) is 13.9. The summed E-state index contributed by atoms with van der Waals surface area (Å²) in [6.07, 6.45) is 4.40. The van der Waals surface area contributed by atoms with Crippen LogP contribution >= 0.6 is 0 Å². The Bertz CT molecular complexity index is 167. The fourth-order valence-corrected chi connectivity index (χ4v) is 2.39. The van der Waals surface area contributed by atoms with Crippen LogP contribution in [0.1, 0.15) is 39.5 Å². The van der Waals surface area contributed by atoms with Crippen LogP contribution in [0.4, 0.5) is 0 Å². The molecule has 1 fully saturated rings. The average molecular weight is 229 g/mol. The minimum absolute atomic E-state index is 0.312. The van der Waals surface area contributed by atoms with E-state index in [1.165, 1.54) is 6.42 Å². The Balaban J connectivity index is 2.19. The number of hydrogen-bond donors (Lipinski definition) is 2. The van der Waals surface area contributed by atoms with E-state index in [9.17, 15) is 0 Å². The zero-order chi connectivity index (χ0) is 11.8. The van der Waals surface area contributed by atoms with Crippen LogP contribution in [0.2, 0.25) is 0 Å². The lowest BCUT2D eigenvalue weighted by Crippen LogP contribution is -2.38. The lowest BCUT2D eigenvalue weighted by Gasteiger charge is -2.26. The predicted molar refractivity (Wildman–Crippen MR) is 66.5 cm³/mol. The Labute approximate surface area is 99.6 Å². The quantitative estimate of drug-likeness (QED) is 0.699. The van der Waals surface area contributed by atoms with Gasteiger partial charge in [0, 0.05) is 25.9 Å². The summed E-state index contributed by atoms with van der Waals surface area (Å²) in [5, 5.41) is 12.7. The molecule has 1 rings (SSSR count). The summed E-state index contributed by atoms with van der Waals surface area (Å²) >= 11 is 0. The van der Waals surface area contributed by atoms with E-state index in [1.54, 1.807) is 0 Å². The van der Waals surface area contributed by atoms with Crippen LogP contribution in [-0.4, -0.2) is 37.5 Å². The maximum atomic E-state index is 9.04. The summed E-state index contributed by atoms with van der Waals surface area (Å²) < 4.78 is 5.34. The summed E-state index contributed by atoms with van der Waals surface area (Å²) in [4.78, 5) is 0. The summed E-state index contributed by atoms with van der Waals surface area (Å²) in [5.74, 6) is 1.33. The fourth-order valence-electron chi connectivity index (χ4n) is 2.39. The monoisotopic (exact) mass is 229 g/mol. The minimum Gasteiger partial charge on any atom is -0.396 e. The van der Waals surface area contributed by atoms with Crippen LogP contribution < -0.4 is 5.32 Å². The van der Waals surface area contributed by atoms with Crippen molar-refractivity contribution in [3.05, 3.63) is 0 Å². The number of ether oxygens (including phenoxy) is 1. The molecular weight excluding hydrogens is 202 g/mol. The van der Waals surface area contributed by atoms with Gasteiger partial charge in [-0.2, -0.15) is 0 Å². The molecule has 1 atom stereocenters. The summed E-state index contributed by atoms with van der Waals surface area (Å²) in [7, 11) is 0. The second-order valence-electron chi connectivity index (χ2n) is 5.30. The maximum Gasteiger partial charge on any atom is 0.0480 e. The van der Waals surface area contributed by atoms with Gasteiger partial charge in [0.15, 0.2) is 0 Å². The number of hydrogen-bond acceptors (Lipinski definition) is 3. The third kappa shape index (κ3) is 5.83. The molecule has 0 aromatic heterocycles. The third-order valence-corrected chi connectivity index (χ3v) is 3.26. The van der Waals surface area contributed by atoms with Crippen molar-refractivity contribution in [3.63, 3.8) is 0 Å². The third-order valence-electron chi connectivity index (χ3n) is 3.26. The van der Waals surface area contributed by atoms with E-state index in [2.05, 4.69) is 19.2 Å². The van der Waals surface area contributed by atoms with Crippen LogP contribution in [-0.2, 0) is 4.74 Å². The van der Waals surface area contributed by atoms with Gasteiger partial charge in [0.1, 0.15) is 0 Å². The SMILES string of the molecule is CC(C)CC(CCO)CNC1CCOCC1. The van der Waals surface area contributed by atoms with Gasteiger partial charge >= 0.3 is 0 Å². The highest BCUT2D eigenvalue weighted by atomic mass is 16.5. The molecule has 0 radical (unpaired) electrons. The molecule has 96 valence electrons. The van der Waals surface area contributed by atoms with E-state index in [1.807, 2.05) is 0 Å². The highest BCUT2D eigenvalue weighted by molar-refractivity contribution is 4.73. The van der Waals surface area contributed by atoms with Crippen molar-refractivity contribution in [1.82, 2.24) is 5.32 Å². The Kier molecular flexibility index (Phi) is 7.01. The molecular formula is C13H27NO2. The van der Waals surface area contributed by atoms with Gasteiger partial charge in [0.2, 0.25) is 0 Å². The van der Waals surface area contributed by atoms with Gasteiger partial charge in [-0.15, -0.1) is 0 Å². The lowest BCUT2D eigenvalue weighted by atomic mass is 9.94. The molecule has 3 heteroatoms. The molecule has 16 heavy (non-hydrogen) atoms. The first-order chi connectivity index (χ1) is 7.72. The zero-order valence-corrected chi connectivity index (χ0v) is 10.7. The minimum atomic E-state index is 0.312. The van der Waals surface area contributed by atoms with Gasteiger partial charge in [-0.3, -0.25) is 0 Å². The first-order valence-corrected chi connectivity index (χ1v) is 6.64. The van der Waals surface area contributed by atoms with Gasteiger partial charge < -0.3 is 15.2 Å². The molecule has 2 N–H and O–H groups in total. The number of nitrogens with one attached hydrogen (secondary N) is 1. The van der Waals surface area contributed by atoms with Crippen LogP contribution in [0.3, 0.4) is 0 Å². The van der Waals surface area contributed by atoms with Gasteiger partial charge in [-0.1, -0.05) is 13.8 Å². The number of rotatable bonds is 7. The van der Waals surface area contributed by atoms with E-state index in [0.29, 0.717) is 24.5 Å². The van der Waals surface area contributed by atoms with Crippen molar-refractivity contribution in [1.29, 1.82) is 0 Å². The summed E-state index contributed by atoms with van der Waals surface area (Å²) in [6.45, 7) is 7.65. The van der Waals surface area contributed by atoms with Crippen LogP contribution in [0.5, 0.6) is 0 Å². The van der Waals surface area contributed by atoms with Gasteiger partial charge in [0.25, 0.3) is 0 Å². The van der Waals surface area contributed by atoms with Gasteiger partial charge in [-0.25, -0.2) is 0 Å². The molecule has 1 aliphatic heterocycles. The van der Waals surface area contributed by atoms with Crippen molar-refractivity contribution in [2.45, 2.75) is 45.6 Å². The van der Waals surface area contributed by atoms with Crippen molar-refractivity contribution >= 4 is 0 Å². The molecule has 0 saturated carbocycles. The highest BCUT2D eigenvalue weighted by Gasteiger charge is 2.16. The predicted octanol–water partition coefficient (Wildman–Crippen LogP) is 1.80. The Morgan fingerprint density at radius 1 is 1.31 bits per heavy atom. The van der Waals surface area contributed by atoms with E-state index in [4.69, 9.17) is 9.84 Å². The van der Waals surface area contributed by atoms with E-state index in [0.717, 1.165) is 39.0 Å². The van der Waals surface area contributed by atoms with E-state index < -0.39 is 0 Å². The molecule has 0 amide bonds. The molecule has 3 nitrogen and oxygen atoms in total. The Morgan fingerprint density at radius 3 is 2.56 bits per heavy atom. The molecule has 1 heterocycles. The number of aliphatic hydroxyl groups excluding tert-OH is 1. The lowest BCUT2D eigenvalue weighted by molar-refractivity contribution is 0.0761. The molecule has 0 aromatic carbocycles. The molecule has 1 saturated heterocycles. The van der Waals surface area contributed by atoms with Gasteiger partial charge in [-0.05, 0) is 44.1 Å². The largest absolute Gasteiger partial charge is 0.396 e. The van der Waals surface area contributed by atoms with Gasteiger partial charge in [0.05, 0.1) is 0 Å². The second-order valence-corrected chi connectivity index (χ2v) is 5.30. The summed E-state index contributed by atoms with van der Waals surface area (Å²) in [5.41, 5.74) is 0. The van der Waals surface area contributed by atoms with E-state index >= 15 is 0 Å². The van der Waals surface area contributed by atoms with Crippen LogP contribution in [0, 0.1) is 11.8 Å². The fraction of sp³-hybridized carbons (Fsp3) is 1.00. The van der Waals surface area contributed by atoms with Crippen molar-refractivity contribution < 1.29 is 9.84 Å². The first-order valence-electron chi connectivity index (χ1n) is 6.64. The van der Waals surface area contributed by atoms with Crippen LogP contribution in [0.15, 0.2) is 0 Å². The highest BCUT2D eigenvalue weighted by Crippen LogP contribution is 2.15. The molecule has 0 aromatic rings. The molecule has 1 aliphatic rings. The maximum absolute atomic E-state index is 9.04. The molecule has 0 aliphatic carbocycles. The topological polar surface area (TPSA) is 41.5 Å². The normalized spacial score (nSPS) is 20.2.